The molecule has 2 rings (SSSR count). The van der Waals surface area contributed by atoms with Crippen molar-refractivity contribution in [3.63, 3.8) is 0 Å². The Morgan fingerprint density at radius 2 is 2.22 bits per heavy atom. The number of halogens is 1. The van der Waals surface area contributed by atoms with Crippen molar-refractivity contribution in [3.05, 3.63) is 33.8 Å². The summed E-state index contributed by atoms with van der Waals surface area (Å²) in [6, 6.07) is 7.63. The van der Waals surface area contributed by atoms with E-state index in [-0.39, 0.29) is 0 Å². The van der Waals surface area contributed by atoms with Crippen LogP contribution in [0.1, 0.15) is 43.4 Å². The second-order valence-electron chi connectivity index (χ2n) is 5.34. The molecule has 1 aliphatic rings. The Hall–Kier alpha value is -0.380. The summed E-state index contributed by atoms with van der Waals surface area (Å²) in [4.78, 5) is 2.57. The van der Waals surface area contributed by atoms with E-state index in [2.05, 4.69) is 52.9 Å². The second-order valence-corrected chi connectivity index (χ2v) is 6.20. The van der Waals surface area contributed by atoms with Crippen LogP contribution in [0.4, 0.5) is 0 Å². The molecule has 1 heterocycles. The summed E-state index contributed by atoms with van der Waals surface area (Å²) < 4.78 is 1.18. The van der Waals surface area contributed by atoms with Crippen molar-refractivity contribution in [2.45, 2.75) is 45.2 Å². The van der Waals surface area contributed by atoms with E-state index < -0.39 is 0 Å². The van der Waals surface area contributed by atoms with Crippen molar-refractivity contribution in [1.29, 1.82) is 0 Å². The van der Waals surface area contributed by atoms with Gasteiger partial charge < -0.3 is 5.73 Å². The third-order valence-electron chi connectivity index (χ3n) is 4.06. The maximum atomic E-state index is 6.03. The molecule has 1 aromatic carbocycles. The first kappa shape index (κ1) is 14.0. The van der Waals surface area contributed by atoms with E-state index in [0.29, 0.717) is 18.6 Å². The Bertz CT molecular complexity index is 405. The molecule has 2 nitrogen and oxygen atoms in total. The molecular formula is C15H23BrN2. The molecule has 0 saturated carbocycles. The molecule has 2 unspecified atom stereocenters. The Balaban J connectivity index is 2.23. The number of nitrogens with two attached hydrogens (primary N) is 1. The van der Waals surface area contributed by atoms with Crippen molar-refractivity contribution in [2.24, 2.45) is 5.73 Å². The van der Waals surface area contributed by atoms with Crippen LogP contribution in [-0.2, 0) is 0 Å². The van der Waals surface area contributed by atoms with Gasteiger partial charge in [-0.25, -0.2) is 0 Å². The van der Waals surface area contributed by atoms with E-state index in [1.807, 2.05) is 0 Å². The van der Waals surface area contributed by atoms with E-state index in [4.69, 9.17) is 5.73 Å². The Labute approximate surface area is 119 Å². The van der Waals surface area contributed by atoms with E-state index in [1.54, 1.807) is 0 Å². The summed E-state index contributed by atoms with van der Waals surface area (Å²) in [7, 11) is 0. The highest BCUT2D eigenvalue weighted by molar-refractivity contribution is 9.10. The molecule has 3 heteroatoms. The van der Waals surface area contributed by atoms with E-state index in [9.17, 15) is 0 Å². The van der Waals surface area contributed by atoms with Gasteiger partial charge in [-0.1, -0.05) is 34.5 Å². The lowest BCUT2D eigenvalue weighted by atomic mass is 9.97. The van der Waals surface area contributed by atoms with Gasteiger partial charge in [0.25, 0.3) is 0 Å². The largest absolute Gasteiger partial charge is 0.329 e. The lowest BCUT2D eigenvalue weighted by molar-refractivity contribution is 0.109. The lowest BCUT2D eigenvalue weighted by Crippen LogP contribution is -2.43. The highest BCUT2D eigenvalue weighted by atomic mass is 79.9. The number of nitrogens with zero attached hydrogens (tertiary/aromatic N) is 1. The number of hydrogen-bond donors (Lipinski definition) is 1. The number of piperidine rings is 1. The Morgan fingerprint density at radius 1 is 1.44 bits per heavy atom. The average molecular weight is 311 g/mol. The molecule has 0 aromatic heterocycles. The van der Waals surface area contributed by atoms with Crippen LogP contribution in [0.5, 0.6) is 0 Å². The molecule has 0 spiro atoms. The number of rotatable bonds is 3. The zero-order valence-electron chi connectivity index (χ0n) is 11.3. The molecule has 0 aliphatic carbocycles. The summed E-state index contributed by atoms with van der Waals surface area (Å²) in [5, 5.41) is 0. The first-order valence-electron chi connectivity index (χ1n) is 6.85. The molecule has 1 saturated heterocycles. The summed E-state index contributed by atoms with van der Waals surface area (Å²) in [6.45, 7) is 6.31. The fourth-order valence-electron chi connectivity index (χ4n) is 2.86. The van der Waals surface area contributed by atoms with Crippen LogP contribution >= 0.6 is 15.9 Å². The molecule has 18 heavy (non-hydrogen) atoms. The quantitative estimate of drug-likeness (QED) is 0.923. The summed E-state index contributed by atoms with van der Waals surface area (Å²) in [5.41, 5.74) is 8.64. The third-order valence-corrected chi connectivity index (χ3v) is 4.91. The minimum atomic E-state index is 0.359. The minimum Gasteiger partial charge on any atom is -0.329 e. The van der Waals surface area contributed by atoms with Crippen LogP contribution in [0.3, 0.4) is 0 Å². The van der Waals surface area contributed by atoms with Crippen molar-refractivity contribution < 1.29 is 0 Å². The molecular weight excluding hydrogens is 288 g/mol. The van der Waals surface area contributed by atoms with Crippen LogP contribution in [0.25, 0.3) is 0 Å². The minimum absolute atomic E-state index is 0.359. The monoisotopic (exact) mass is 310 g/mol. The molecule has 0 amide bonds. The van der Waals surface area contributed by atoms with Gasteiger partial charge in [0.15, 0.2) is 0 Å². The number of hydrogen-bond acceptors (Lipinski definition) is 2. The van der Waals surface area contributed by atoms with Crippen molar-refractivity contribution in [2.75, 3.05) is 13.1 Å². The van der Waals surface area contributed by atoms with Crippen molar-refractivity contribution in [1.82, 2.24) is 4.90 Å². The van der Waals surface area contributed by atoms with Crippen LogP contribution in [-0.4, -0.2) is 24.0 Å². The summed E-state index contributed by atoms with van der Waals surface area (Å²) >= 11 is 3.62. The number of aryl methyl sites for hydroxylation is 1. The zero-order chi connectivity index (χ0) is 13.1. The SMILES string of the molecule is Cc1ccc(C(CN)N2CCCCC2C)cc1Br. The van der Waals surface area contributed by atoms with Gasteiger partial charge in [-0.05, 0) is 50.4 Å². The second kappa shape index (κ2) is 6.18. The molecule has 0 radical (unpaired) electrons. The third kappa shape index (κ3) is 2.95. The molecule has 1 aliphatic heterocycles. The highest BCUT2D eigenvalue weighted by Crippen LogP contribution is 2.30. The van der Waals surface area contributed by atoms with Gasteiger partial charge in [0.05, 0.1) is 0 Å². The lowest BCUT2D eigenvalue weighted by Gasteiger charge is -2.39. The zero-order valence-corrected chi connectivity index (χ0v) is 12.9. The van der Waals surface area contributed by atoms with Gasteiger partial charge in [-0.15, -0.1) is 0 Å². The van der Waals surface area contributed by atoms with Gasteiger partial charge in [0, 0.05) is 23.1 Å². The van der Waals surface area contributed by atoms with Crippen LogP contribution in [0.2, 0.25) is 0 Å². The van der Waals surface area contributed by atoms with Gasteiger partial charge in [-0.3, -0.25) is 4.90 Å². The highest BCUT2D eigenvalue weighted by Gasteiger charge is 2.26. The predicted octanol–water partition coefficient (Wildman–Crippen LogP) is 3.63. The fraction of sp³-hybridized carbons (Fsp3) is 0.600. The number of benzene rings is 1. The fourth-order valence-corrected chi connectivity index (χ4v) is 3.26. The van der Waals surface area contributed by atoms with Gasteiger partial charge in [0.2, 0.25) is 0 Å². The Morgan fingerprint density at radius 3 is 2.83 bits per heavy atom. The van der Waals surface area contributed by atoms with Crippen molar-refractivity contribution in [3.8, 4) is 0 Å². The van der Waals surface area contributed by atoms with Crippen LogP contribution in [0, 0.1) is 6.92 Å². The molecule has 100 valence electrons. The van der Waals surface area contributed by atoms with Gasteiger partial charge >= 0.3 is 0 Å². The standard InChI is InChI=1S/C15H23BrN2/c1-11-6-7-13(9-14(11)16)15(10-17)18-8-4-3-5-12(18)2/h6-7,9,12,15H,3-5,8,10,17H2,1-2H3. The normalized spacial score (nSPS) is 23.0. The Kier molecular flexibility index (Phi) is 4.82. The van der Waals surface area contributed by atoms with E-state index in [0.717, 1.165) is 0 Å². The van der Waals surface area contributed by atoms with Crippen LogP contribution in [0.15, 0.2) is 22.7 Å². The maximum absolute atomic E-state index is 6.03. The summed E-state index contributed by atoms with van der Waals surface area (Å²) in [6.07, 6.45) is 3.95. The molecule has 2 N–H and O–H groups in total. The van der Waals surface area contributed by atoms with E-state index >= 15 is 0 Å². The van der Waals surface area contributed by atoms with Gasteiger partial charge in [-0.2, -0.15) is 0 Å². The first-order valence-corrected chi connectivity index (χ1v) is 7.64. The molecule has 2 atom stereocenters. The smallest absolute Gasteiger partial charge is 0.0473 e. The van der Waals surface area contributed by atoms with Crippen LogP contribution < -0.4 is 5.73 Å². The molecule has 1 aromatic rings. The predicted molar refractivity (Wildman–Crippen MR) is 80.7 cm³/mol. The van der Waals surface area contributed by atoms with E-state index in [1.165, 1.54) is 41.4 Å². The summed E-state index contributed by atoms with van der Waals surface area (Å²) in [5.74, 6) is 0. The first-order chi connectivity index (χ1) is 8.63. The maximum Gasteiger partial charge on any atom is 0.0473 e. The topological polar surface area (TPSA) is 29.3 Å². The van der Waals surface area contributed by atoms with Gasteiger partial charge in [0.1, 0.15) is 0 Å². The number of likely N-dealkylation sites (tertiary alicyclic amines) is 1. The van der Waals surface area contributed by atoms with Crippen molar-refractivity contribution >= 4 is 15.9 Å². The molecule has 1 fully saturated rings. The average Bonchev–Trinajstić information content (AvgIpc) is 2.37. The molecule has 0 bridgehead atoms.